The second kappa shape index (κ2) is 6.78. The average molecular weight is 460 g/mol. The van der Waals surface area contributed by atoms with E-state index in [-0.39, 0.29) is 40.7 Å². The van der Waals surface area contributed by atoms with Crippen LogP contribution < -0.4 is 0 Å². The van der Waals surface area contributed by atoms with Crippen molar-refractivity contribution >= 4 is 0 Å². The zero-order valence-corrected chi connectivity index (χ0v) is 22.2. The maximum absolute atomic E-state index is 12.1. The second-order valence-electron chi connectivity index (χ2n) is 14.9. The Morgan fingerprint density at radius 1 is 0.909 bits per heavy atom. The molecule has 0 aromatic carbocycles. The molecule has 0 aromatic rings. The first-order valence-corrected chi connectivity index (χ1v) is 14.0. The van der Waals surface area contributed by atoms with Gasteiger partial charge in [0.2, 0.25) is 0 Å². The minimum Gasteiger partial charge on any atom is -0.393 e. The molecular formula is C29H49NO3. The Bertz CT molecular complexity index is 828. The largest absolute Gasteiger partial charge is 0.393 e. The normalized spacial score (nSPS) is 60.9. The predicted molar refractivity (Wildman–Crippen MR) is 131 cm³/mol. The number of hydrogen-bond donors (Lipinski definition) is 2. The molecular weight excluding hydrogens is 410 g/mol. The van der Waals surface area contributed by atoms with Gasteiger partial charge >= 0.3 is 0 Å². The van der Waals surface area contributed by atoms with Crippen molar-refractivity contribution in [3.8, 4) is 0 Å². The quantitative estimate of drug-likeness (QED) is 0.627. The number of fused-ring (bicyclic) bond motifs is 4. The van der Waals surface area contributed by atoms with Crippen LogP contribution in [0.1, 0.15) is 86.0 Å². The summed E-state index contributed by atoms with van der Waals surface area (Å²) in [6.45, 7) is 13.1. The van der Waals surface area contributed by atoms with Gasteiger partial charge in [-0.15, -0.1) is 0 Å². The van der Waals surface area contributed by atoms with Crippen LogP contribution in [0, 0.1) is 50.7 Å². The zero-order valence-electron chi connectivity index (χ0n) is 22.2. The Morgan fingerprint density at radius 2 is 1.58 bits per heavy atom. The molecule has 188 valence electrons. The highest BCUT2D eigenvalue weighted by Crippen LogP contribution is 2.89. The van der Waals surface area contributed by atoms with E-state index in [2.05, 4.69) is 53.6 Å². The molecule has 12 atom stereocenters. The Morgan fingerprint density at radius 3 is 2.27 bits per heavy atom. The van der Waals surface area contributed by atoms with Crippen LogP contribution in [0.2, 0.25) is 0 Å². The van der Waals surface area contributed by atoms with Crippen LogP contribution in [0.4, 0.5) is 0 Å². The summed E-state index contributed by atoms with van der Waals surface area (Å²) in [5.41, 5.74) is 0.902. The molecule has 2 N–H and O–H groups in total. The summed E-state index contributed by atoms with van der Waals surface area (Å²) in [6, 6.07) is 0. The number of hydrogen-bond acceptors (Lipinski definition) is 4. The Balaban J connectivity index is 1.37. The van der Waals surface area contributed by atoms with Gasteiger partial charge in [-0.2, -0.15) is 0 Å². The molecule has 5 aliphatic carbocycles. The molecule has 1 heterocycles. The van der Waals surface area contributed by atoms with Gasteiger partial charge in [-0.05, 0) is 111 Å². The van der Waals surface area contributed by atoms with Gasteiger partial charge in [0.05, 0.1) is 24.4 Å². The van der Waals surface area contributed by atoms with E-state index in [0.29, 0.717) is 34.5 Å². The van der Waals surface area contributed by atoms with Crippen LogP contribution in [0.3, 0.4) is 0 Å². The van der Waals surface area contributed by atoms with Crippen molar-refractivity contribution in [1.82, 2.24) is 4.90 Å². The van der Waals surface area contributed by atoms with Crippen LogP contribution in [0.5, 0.6) is 0 Å². The number of rotatable bonds is 2. The Kier molecular flexibility index (Phi) is 4.78. The molecule has 6 aliphatic rings. The van der Waals surface area contributed by atoms with E-state index in [9.17, 15) is 10.2 Å². The molecule has 4 nitrogen and oxygen atoms in total. The van der Waals surface area contributed by atoms with Crippen molar-refractivity contribution in [2.75, 3.05) is 20.6 Å². The van der Waals surface area contributed by atoms with E-state index in [1.165, 1.54) is 38.5 Å². The number of likely N-dealkylation sites (N-methyl/N-ethyl adjacent to an activating group) is 1. The molecule has 0 radical (unpaired) electrons. The minimum absolute atomic E-state index is 0.0131. The van der Waals surface area contributed by atoms with E-state index < -0.39 is 0 Å². The van der Waals surface area contributed by atoms with Crippen LogP contribution in [-0.4, -0.2) is 60.2 Å². The van der Waals surface area contributed by atoms with Crippen LogP contribution in [-0.2, 0) is 4.74 Å². The van der Waals surface area contributed by atoms with Crippen LogP contribution >= 0.6 is 0 Å². The number of nitrogens with zero attached hydrogens (tertiary/aromatic N) is 1. The molecule has 6 fully saturated rings. The lowest BCUT2D eigenvalue weighted by Gasteiger charge is -2.63. The monoisotopic (exact) mass is 459 g/mol. The van der Waals surface area contributed by atoms with Crippen LogP contribution in [0.25, 0.3) is 0 Å². The summed E-state index contributed by atoms with van der Waals surface area (Å²) in [5, 5.41) is 23.0. The van der Waals surface area contributed by atoms with E-state index in [1.807, 2.05) is 0 Å². The summed E-state index contributed by atoms with van der Waals surface area (Å²) in [5.74, 6) is 2.29. The van der Waals surface area contributed by atoms with Crippen molar-refractivity contribution < 1.29 is 14.9 Å². The SMILES string of the molecule is C[C@@H]1C[C@H](CN(C)C)O[C@H]2[C@H]1[C@@]1(C)CC[C@@]34C[C@@]35CC[C@H](O)C(C)(C)C5CCC4[C@]1(C)[C@H]2O. The summed E-state index contributed by atoms with van der Waals surface area (Å²) in [4.78, 5) is 2.24. The maximum Gasteiger partial charge on any atom is 0.0880 e. The smallest absolute Gasteiger partial charge is 0.0880 e. The van der Waals surface area contributed by atoms with Crippen molar-refractivity contribution in [2.24, 2.45) is 50.7 Å². The molecule has 1 aliphatic heterocycles. The molecule has 1 saturated heterocycles. The first-order valence-electron chi connectivity index (χ1n) is 14.0. The molecule has 2 unspecified atom stereocenters. The first kappa shape index (κ1) is 23.3. The Labute approximate surface area is 201 Å². The highest BCUT2D eigenvalue weighted by molar-refractivity contribution is 5.32. The highest BCUT2D eigenvalue weighted by Gasteiger charge is 2.84. The highest BCUT2D eigenvalue weighted by atomic mass is 16.5. The molecule has 5 saturated carbocycles. The molecule has 33 heavy (non-hydrogen) atoms. The fraction of sp³-hybridized carbons (Fsp3) is 1.00. The predicted octanol–water partition coefficient (Wildman–Crippen LogP) is 4.72. The fourth-order valence-electron chi connectivity index (χ4n) is 11.9. The van der Waals surface area contributed by atoms with E-state index >= 15 is 0 Å². The zero-order chi connectivity index (χ0) is 23.8. The van der Waals surface area contributed by atoms with Crippen molar-refractivity contribution in [2.45, 2.75) is 110 Å². The summed E-state index contributed by atoms with van der Waals surface area (Å²) in [6.07, 6.45) is 9.34. The molecule has 0 bridgehead atoms. The van der Waals surface area contributed by atoms with Gasteiger partial charge in [0.15, 0.2) is 0 Å². The van der Waals surface area contributed by atoms with Crippen molar-refractivity contribution in [3.63, 3.8) is 0 Å². The lowest BCUT2D eigenvalue weighted by Crippen LogP contribution is -2.59. The van der Waals surface area contributed by atoms with Gasteiger partial charge < -0.3 is 19.8 Å². The third kappa shape index (κ3) is 2.53. The van der Waals surface area contributed by atoms with Gasteiger partial charge in [-0.3, -0.25) is 0 Å². The third-order valence-corrected chi connectivity index (χ3v) is 13.4. The van der Waals surface area contributed by atoms with E-state index in [1.54, 1.807) is 0 Å². The van der Waals surface area contributed by atoms with E-state index in [4.69, 9.17) is 4.74 Å². The average Bonchev–Trinajstić information content (AvgIpc) is 3.36. The van der Waals surface area contributed by atoms with Crippen molar-refractivity contribution in [3.05, 3.63) is 0 Å². The second-order valence-corrected chi connectivity index (χ2v) is 14.9. The number of aliphatic hydroxyl groups is 2. The van der Waals surface area contributed by atoms with Crippen LogP contribution in [0.15, 0.2) is 0 Å². The topological polar surface area (TPSA) is 52.9 Å². The molecule has 2 spiro atoms. The Hall–Kier alpha value is -0.160. The summed E-state index contributed by atoms with van der Waals surface area (Å²) < 4.78 is 6.78. The lowest BCUT2D eigenvalue weighted by molar-refractivity contribution is -0.182. The van der Waals surface area contributed by atoms with Gasteiger partial charge in [-0.1, -0.05) is 34.6 Å². The minimum atomic E-state index is -0.363. The first-order chi connectivity index (χ1) is 15.3. The van der Waals surface area contributed by atoms with Gasteiger partial charge in [-0.25, -0.2) is 0 Å². The van der Waals surface area contributed by atoms with Gasteiger partial charge in [0, 0.05) is 12.0 Å². The molecule has 0 amide bonds. The number of aliphatic hydroxyl groups excluding tert-OH is 2. The maximum atomic E-state index is 12.1. The third-order valence-electron chi connectivity index (χ3n) is 13.4. The summed E-state index contributed by atoms with van der Waals surface area (Å²) in [7, 11) is 4.26. The molecule has 6 rings (SSSR count). The lowest BCUT2D eigenvalue weighted by atomic mass is 9.41. The van der Waals surface area contributed by atoms with Gasteiger partial charge in [0.25, 0.3) is 0 Å². The summed E-state index contributed by atoms with van der Waals surface area (Å²) >= 11 is 0. The van der Waals surface area contributed by atoms with Crippen molar-refractivity contribution in [1.29, 1.82) is 0 Å². The molecule has 0 aromatic heterocycles. The van der Waals surface area contributed by atoms with Gasteiger partial charge in [0.1, 0.15) is 0 Å². The number of ether oxygens (including phenoxy) is 1. The standard InChI is InChI=1S/C29H49NO3/c1-17-14-18(15-30(6)7)33-23-22(17)26(4)12-13-29-16-28(29)11-10-21(31)25(2,3)19(28)8-9-20(29)27(26,5)24(23)32/h17-24,31-32H,8-16H2,1-7H3/t17-,18-,19?,20?,21+,22+,23+,24+,26-,27-,28-,29+/m1/s1. The fourth-order valence-corrected chi connectivity index (χ4v) is 11.9. The molecule has 4 heteroatoms. The van der Waals surface area contributed by atoms with E-state index in [0.717, 1.165) is 19.4 Å².